The number of rotatable bonds is 4. The summed E-state index contributed by atoms with van der Waals surface area (Å²) in [6, 6.07) is 20.1. The minimum absolute atomic E-state index is 0.123. The van der Waals surface area contributed by atoms with Gasteiger partial charge in [-0.25, -0.2) is 0 Å². The first-order chi connectivity index (χ1) is 10.6. The van der Waals surface area contributed by atoms with E-state index in [2.05, 4.69) is 19.1 Å². The summed E-state index contributed by atoms with van der Waals surface area (Å²) in [5.41, 5.74) is 2.28. The zero-order chi connectivity index (χ0) is 15.6. The second-order valence-corrected chi connectivity index (χ2v) is 9.07. The highest BCUT2D eigenvalue weighted by atomic mass is 31.2. The third kappa shape index (κ3) is 2.64. The molecule has 1 aliphatic heterocycles. The maximum Gasteiger partial charge on any atom is 0.126 e. The monoisotopic (exact) mass is 312 g/mol. The minimum atomic E-state index is -2.53. The zero-order valence-corrected chi connectivity index (χ0v) is 13.9. The van der Waals surface area contributed by atoms with Crippen molar-refractivity contribution in [1.82, 2.24) is 0 Å². The summed E-state index contributed by atoms with van der Waals surface area (Å²) in [6.07, 6.45) is 1.36. The van der Waals surface area contributed by atoms with Crippen molar-refractivity contribution in [3.8, 4) is 0 Å². The van der Waals surface area contributed by atoms with E-state index in [9.17, 15) is 4.57 Å². The van der Waals surface area contributed by atoms with Crippen LogP contribution in [-0.4, -0.2) is 12.8 Å². The lowest BCUT2D eigenvalue weighted by molar-refractivity contribution is 0.283. The fraction of sp³-hybridized carbons (Fsp3) is 0.263. The summed E-state index contributed by atoms with van der Waals surface area (Å²) in [4.78, 5) is 0. The molecule has 0 spiro atoms. The molecule has 0 amide bonds. The van der Waals surface area contributed by atoms with Gasteiger partial charge in [0.1, 0.15) is 12.9 Å². The fourth-order valence-electron chi connectivity index (χ4n) is 3.19. The Morgan fingerprint density at radius 2 is 1.64 bits per heavy atom. The average Bonchev–Trinajstić information content (AvgIpc) is 2.80. The van der Waals surface area contributed by atoms with Gasteiger partial charge < -0.3 is 9.30 Å². The Bertz CT molecular complexity index is 720. The molecule has 1 aliphatic rings. The maximum absolute atomic E-state index is 13.9. The van der Waals surface area contributed by atoms with E-state index in [1.807, 2.05) is 48.5 Å². The second kappa shape index (κ2) is 6.14. The molecule has 2 aromatic carbocycles. The summed E-state index contributed by atoms with van der Waals surface area (Å²) < 4.78 is 19.5. The third-order valence-electron chi connectivity index (χ3n) is 4.39. The highest BCUT2D eigenvalue weighted by Crippen LogP contribution is 2.70. The van der Waals surface area contributed by atoms with Crippen molar-refractivity contribution in [2.24, 2.45) is 0 Å². The van der Waals surface area contributed by atoms with Crippen LogP contribution in [0.25, 0.3) is 5.31 Å². The van der Waals surface area contributed by atoms with Gasteiger partial charge in [-0.3, -0.25) is 0 Å². The van der Waals surface area contributed by atoms with Gasteiger partial charge in [0.15, 0.2) is 0 Å². The molecule has 0 N–H and O–H groups in total. The lowest BCUT2D eigenvalue weighted by Crippen LogP contribution is -2.01. The van der Waals surface area contributed by atoms with Crippen LogP contribution in [-0.2, 0) is 15.5 Å². The maximum atomic E-state index is 13.9. The van der Waals surface area contributed by atoms with Gasteiger partial charge in [-0.05, 0) is 11.1 Å². The van der Waals surface area contributed by atoms with Gasteiger partial charge in [-0.2, -0.15) is 0 Å². The Kier molecular flexibility index (Phi) is 4.22. The molecule has 0 saturated heterocycles. The van der Waals surface area contributed by atoms with Crippen LogP contribution in [0.3, 0.4) is 0 Å². The van der Waals surface area contributed by atoms with E-state index in [1.54, 1.807) is 7.11 Å². The van der Waals surface area contributed by atoms with Crippen LogP contribution in [0.1, 0.15) is 24.5 Å². The predicted molar refractivity (Wildman–Crippen MR) is 92.2 cm³/mol. The van der Waals surface area contributed by atoms with Gasteiger partial charge >= 0.3 is 0 Å². The van der Waals surface area contributed by atoms with Crippen molar-refractivity contribution in [2.45, 2.75) is 25.2 Å². The van der Waals surface area contributed by atoms with E-state index in [0.29, 0.717) is 6.16 Å². The quantitative estimate of drug-likeness (QED) is 0.711. The minimum Gasteiger partial charge on any atom is -0.500 e. The van der Waals surface area contributed by atoms with E-state index >= 15 is 0 Å². The number of ether oxygens (including phenoxy) is 1. The van der Waals surface area contributed by atoms with Gasteiger partial charge in [0.25, 0.3) is 0 Å². The van der Waals surface area contributed by atoms with Gasteiger partial charge in [-0.1, -0.05) is 67.6 Å². The topological polar surface area (TPSA) is 26.3 Å². The Morgan fingerprint density at radius 3 is 2.23 bits per heavy atom. The van der Waals surface area contributed by atoms with Gasteiger partial charge in [-0.15, -0.1) is 0 Å². The Balaban J connectivity index is 2.08. The average molecular weight is 312 g/mol. The Hall–Kier alpha value is -1.79. The van der Waals surface area contributed by atoms with Crippen molar-refractivity contribution < 1.29 is 9.30 Å². The molecule has 3 heteroatoms. The molecule has 1 heterocycles. The molecule has 0 aliphatic carbocycles. The van der Waals surface area contributed by atoms with E-state index < -0.39 is 7.14 Å². The first-order valence-corrected chi connectivity index (χ1v) is 9.57. The van der Waals surface area contributed by atoms with E-state index in [4.69, 9.17) is 4.74 Å². The predicted octanol–water partition coefficient (Wildman–Crippen LogP) is 5.36. The number of allylic oxidation sites excluding steroid dienone is 1. The lowest BCUT2D eigenvalue weighted by Gasteiger charge is -2.21. The summed E-state index contributed by atoms with van der Waals surface area (Å²) in [6.45, 7) is 2.08. The molecule has 2 nitrogen and oxygen atoms in total. The fourth-order valence-corrected chi connectivity index (χ4v) is 6.50. The van der Waals surface area contributed by atoms with Crippen molar-refractivity contribution in [3.63, 3.8) is 0 Å². The van der Waals surface area contributed by atoms with E-state index in [1.165, 1.54) is 0 Å². The molecular weight excluding hydrogens is 291 g/mol. The molecule has 0 saturated carbocycles. The normalized spacial score (nSPS) is 24.5. The highest BCUT2D eigenvalue weighted by Gasteiger charge is 2.43. The Morgan fingerprint density at radius 1 is 1.05 bits per heavy atom. The van der Waals surface area contributed by atoms with Crippen LogP contribution in [0, 0.1) is 0 Å². The highest BCUT2D eigenvalue weighted by molar-refractivity contribution is 7.74. The van der Waals surface area contributed by atoms with Crippen molar-refractivity contribution in [2.75, 3.05) is 7.11 Å². The molecule has 0 bridgehead atoms. The van der Waals surface area contributed by atoms with Crippen molar-refractivity contribution >= 4 is 12.5 Å². The first-order valence-electron chi connectivity index (χ1n) is 7.61. The molecule has 3 rings (SSSR count). The van der Waals surface area contributed by atoms with Crippen LogP contribution in [0.15, 0.2) is 66.4 Å². The summed E-state index contributed by atoms with van der Waals surface area (Å²) in [7, 11) is -0.849. The van der Waals surface area contributed by atoms with Gasteiger partial charge in [0.05, 0.1) is 12.4 Å². The number of benzene rings is 2. The van der Waals surface area contributed by atoms with Gasteiger partial charge in [0, 0.05) is 18.2 Å². The molecule has 0 radical (unpaired) electrons. The number of methoxy groups -OCH3 is 1. The van der Waals surface area contributed by atoms with Crippen LogP contribution in [0.2, 0.25) is 0 Å². The standard InChI is InChI=1S/C19H21O2P/c1-15-13-18(21-2)19(17-11-7-4-8-12-17)22(15,20)14-16-9-5-3-6-10-16/h3-12,15H,13-14H2,1-2H3. The second-order valence-electron chi connectivity index (χ2n) is 5.83. The van der Waals surface area contributed by atoms with Gasteiger partial charge in [0.2, 0.25) is 0 Å². The van der Waals surface area contributed by atoms with Crippen LogP contribution in [0.5, 0.6) is 0 Å². The first kappa shape index (κ1) is 15.1. The zero-order valence-electron chi connectivity index (χ0n) is 13.0. The van der Waals surface area contributed by atoms with E-state index in [0.717, 1.165) is 28.6 Å². The molecule has 22 heavy (non-hydrogen) atoms. The molecule has 2 unspecified atom stereocenters. The molecule has 2 atom stereocenters. The molecule has 114 valence electrons. The molecule has 0 aromatic heterocycles. The summed E-state index contributed by atoms with van der Waals surface area (Å²) in [5.74, 6) is 0.887. The smallest absolute Gasteiger partial charge is 0.126 e. The number of hydrogen-bond acceptors (Lipinski definition) is 2. The van der Waals surface area contributed by atoms with Crippen molar-refractivity contribution in [1.29, 1.82) is 0 Å². The summed E-state index contributed by atoms with van der Waals surface area (Å²) in [5, 5.41) is 0.937. The third-order valence-corrected chi connectivity index (χ3v) is 8.10. The molecule has 0 fully saturated rings. The van der Waals surface area contributed by atoms with Crippen LogP contribution in [0.4, 0.5) is 0 Å². The Labute approximate surface area is 132 Å². The largest absolute Gasteiger partial charge is 0.500 e. The lowest BCUT2D eigenvalue weighted by atomic mass is 10.1. The SMILES string of the molecule is COC1=C(c2ccccc2)P(=O)(Cc2ccccc2)C(C)C1. The van der Waals surface area contributed by atoms with Crippen LogP contribution >= 0.6 is 7.14 Å². The molecular formula is C19H21O2P. The summed E-state index contributed by atoms with van der Waals surface area (Å²) >= 11 is 0. The molecule has 2 aromatic rings. The van der Waals surface area contributed by atoms with Crippen molar-refractivity contribution in [3.05, 3.63) is 77.5 Å². The van der Waals surface area contributed by atoms with Crippen LogP contribution < -0.4 is 0 Å². The van der Waals surface area contributed by atoms with E-state index in [-0.39, 0.29) is 5.66 Å². The number of hydrogen-bond donors (Lipinski definition) is 0.